The van der Waals surface area contributed by atoms with Crippen LogP contribution in [0.25, 0.3) is 11.3 Å². The molecule has 31 heavy (non-hydrogen) atoms. The van der Waals surface area contributed by atoms with Crippen LogP contribution in [-0.2, 0) is 18.3 Å². The van der Waals surface area contributed by atoms with Crippen molar-refractivity contribution < 1.29 is 13.9 Å². The molecular formula is C25H25N3O3. The number of carbonyl (C=O) groups excluding carboxylic acids is 1. The lowest BCUT2D eigenvalue weighted by molar-refractivity contribution is -0.121. The van der Waals surface area contributed by atoms with Gasteiger partial charge in [0.15, 0.2) is 0 Å². The third-order valence-corrected chi connectivity index (χ3v) is 5.17. The number of methoxy groups -OCH3 is 1. The van der Waals surface area contributed by atoms with Crippen LogP contribution < -0.4 is 10.1 Å². The van der Waals surface area contributed by atoms with Crippen LogP contribution in [-0.4, -0.2) is 22.6 Å². The Bertz CT molecular complexity index is 1150. The number of hydrogen-bond acceptors (Lipinski definition) is 4. The minimum atomic E-state index is -0.376. The number of imidazole rings is 1. The Hall–Kier alpha value is -3.80. The van der Waals surface area contributed by atoms with Crippen molar-refractivity contribution in [2.75, 3.05) is 7.11 Å². The van der Waals surface area contributed by atoms with Crippen LogP contribution in [0.4, 0.5) is 0 Å². The number of carbonyl (C=O) groups is 1. The van der Waals surface area contributed by atoms with E-state index in [1.54, 1.807) is 13.3 Å². The maximum Gasteiger partial charge on any atom is 0.221 e. The normalized spacial score (nSPS) is 11.8. The molecule has 6 heteroatoms. The molecule has 2 aromatic carbocycles. The first-order chi connectivity index (χ1) is 15.1. The minimum absolute atomic E-state index is 0.0755. The van der Waals surface area contributed by atoms with Crippen LogP contribution in [0, 0.1) is 0 Å². The predicted molar refractivity (Wildman–Crippen MR) is 119 cm³/mol. The summed E-state index contributed by atoms with van der Waals surface area (Å²) in [7, 11) is 3.54. The SMILES string of the molecule is COc1cccc(C(NC(=O)CCc2ccc(-c3ccccc3)o2)c2nccn2C)c1. The fourth-order valence-electron chi connectivity index (χ4n) is 3.51. The van der Waals surface area contributed by atoms with Gasteiger partial charge in [0.05, 0.1) is 7.11 Å². The average molecular weight is 415 g/mol. The molecule has 0 radical (unpaired) electrons. The molecule has 1 N–H and O–H groups in total. The summed E-state index contributed by atoms with van der Waals surface area (Å²) in [5, 5.41) is 3.12. The molecule has 0 fully saturated rings. The maximum atomic E-state index is 12.8. The molecule has 4 rings (SSSR count). The molecule has 2 heterocycles. The molecule has 158 valence electrons. The molecule has 6 nitrogen and oxygen atoms in total. The van der Waals surface area contributed by atoms with Crippen molar-refractivity contribution in [3.63, 3.8) is 0 Å². The van der Waals surface area contributed by atoms with Gasteiger partial charge in [-0.25, -0.2) is 4.98 Å². The molecule has 0 aliphatic rings. The molecule has 4 aromatic rings. The van der Waals surface area contributed by atoms with Crippen LogP contribution in [0.15, 0.2) is 83.5 Å². The lowest BCUT2D eigenvalue weighted by Gasteiger charge is -2.19. The van der Waals surface area contributed by atoms with Crippen molar-refractivity contribution in [1.82, 2.24) is 14.9 Å². The molecule has 0 aliphatic heterocycles. The van der Waals surface area contributed by atoms with Crippen LogP contribution >= 0.6 is 0 Å². The van der Waals surface area contributed by atoms with Gasteiger partial charge in [0.25, 0.3) is 0 Å². The number of nitrogens with zero attached hydrogens (tertiary/aromatic N) is 2. The average Bonchev–Trinajstić information content (AvgIpc) is 3.46. The van der Waals surface area contributed by atoms with E-state index in [9.17, 15) is 4.79 Å². The Morgan fingerprint density at radius 2 is 1.97 bits per heavy atom. The Labute approximate surface area is 181 Å². The molecule has 1 amide bonds. The van der Waals surface area contributed by atoms with Crippen molar-refractivity contribution in [3.05, 3.63) is 96.3 Å². The summed E-state index contributed by atoms with van der Waals surface area (Å²) in [6.45, 7) is 0. The third-order valence-electron chi connectivity index (χ3n) is 5.17. The van der Waals surface area contributed by atoms with E-state index in [4.69, 9.17) is 9.15 Å². The van der Waals surface area contributed by atoms with Crippen molar-refractivity contribution in [1.29, 1.82) is 0 Å². The second kappa shape index (κ2) is 9.34. The molecule has 0 saturated heterocycles. The van der Waals surface area contributed by atoms with Crippen molar-refractivity contribution in [2.45, 2.75) is 18.9 Å². The highest BCUT2D eigenvalue weighted by atomic mass is 16.5. The van der Waals surface area contributed by atoms with Gasteiger partial charge < -0.3 is 19.0 Å². The van der Waals surface area contributed by atoms with Crippen molar-refractivity contribution in [3.8, 4) is 17.1 Å². The van der Waals surface area contributed by atoms with E-state index in [2.05, 4.69) is 10.3 Å². The zero-order valence-corrected chi connectivity index (χ0v) is 17.6. The summed E-state index contributed by atoms with van der Waals surface area (Å²) < 4.78 is 13.2. The summed E-state index contributed by atoms with van der Waals surface area (Å²) in [5.74, 6) is 3.00. The summed E-state index contributed by atoms with van der Waals surface area (Å²) in [5.41, 5.74) is 1.93. The topological polar surface area (TPSA) is 69.3 Å². The number of aromatic nitrogens is 2. The number of rotatable bonds is 8. The Morgan fingerprint density at radius 1 is 1.13 bits per heavy atom. The first-order valence-corrected chi connectivity index (χ1v) is 10.2. The molecular weight excluding hydrogens is 390 g/mol. The van der Waals surface area contributed by atoms with E-state index in [1.165, 1.54) is 0 Å². The van der Waals surface area contributed by atoms with Crippen molar-refractivity contribution in [2.24, 2.45) is 7.05 Å². The summed E-state index contributed by atoms with van der Waals surface area (Å²) in [4.78, 5) is 17.3. The summed E-state index contributed by atoms with van der Waals surface area (Å²) in [6, 6.07) is 21.1. The van der Waals surface area contributed by atoms with Crippen LogP contribution in [0.3, 0.4) is 0 Å². The number of ether oxygens (including phenoxy) is 1. The zero-order chi connectivity index (χ0) is 21.6. The standard InChI is InChI=1S/C25H25N3O3/c1-28-16-15-26-25(28)24(19-9-6-10-21(17-19)30-2)27-23(29)14-12-20-11-13-22(31-20)18-7-4-3-5-8-18/h3-11,13,15-17,24H,12,14H2,1-2H3,(H,27,29). The second-order valence-electron chi connectivity index (χ2n) is 7.31. The van der Waals surface area contributed by atoms with E-state index in [0.717, 1.165) is 34.2 Å². The zero-order valence-electron chi connectivity index (χ0n) is 17.6. The van der Waals surface area contributed by atoms with E-state index in [1.807, 2.05) is 84.5 Å². The highest BCUT2D eigenvalue weighted by molar-refractivity contribution is 5.77. The number of hydrogen-bond donors (Lipinski definition) is 1. The van der Waals surface area contributed by atoms with Gasteiger partial charge in [-0.15, -0.1) is 0 Å². The van der Waals surface area contributed by atoms with Gasteiger partial charge in [0.2, 0.25) is 5.91 Å². The van der Waals surface area contributed by atoms with Gasteiger partial charge in [-0.1, -0.05) is 42.5 Å². The monoisotopic (exact) mass is 415 g/mol. The fourth-order valence-corrected chi connectivity index (χ4v) is 3.51. The quantitative estimate of drug-likeness (QED) is 0.459. The molecule has 1 unspecified atom stereocenters. The highest BCUT2D eigenvalue weighted by Crippen LogP contribution is 2.25. The number of amides is 1. The number of nitrogens with one attached hydrogen (secondary N) is 1. The predicted octanol–water partition coefficient (Wildman–Crippen LogP) is 4.53. The largest absolute Gasteiger partial charge is 0.497 e. The van der Waals surface area contributed by atoms with Gasteiger partial charge in [0.1, 0.15) is 29.1 Å². The second-order valence-corrected chi connectivity index (χ2v) is 7.31. The lowest BCUT2D eigenvalue weighted by atomic mass is 10.1. The number of benzene rings is 2. The van der Waals surface area contributed by atoms with Crippen LogP contribution in [0.5, 0.6) is 5.75 Å². The van der Waals surface area contributed by atoms with E-state index < -0.39 is 0 Å². The highest BCUT2D eigenvalue weighted by Gasteiger charge is 2.21. The van der Waals surface area contributed by atoms with Gasteiger partial charge in [-0.2, -0.15) is 0 Å². The Morgan fingerprint density at radius 3 is 2.71 bits per heavy atom. The molecule has 0 spiro atoms. The number of furan rings is 1. The van der Waals surface area contributed by atoms with E-state index in [0.29, 0.717) is 12.8 Å². The summed E-state index contributed by atoms with van der Waals surface area (Å²) in [6.07, 6.45) is 4.42. The van der Waals surface area contributed by atoms with Gasteiger partial charge in [0, 0.05) is 37.8 Å². The van der Waals surface area contributed by atoms with E-state index >= 15 is 0 Å². The maximum absolute atomic E-state index is 12.8. The fraction of sp³-hybridized carbons (Fsp3) is 0.200. The first kappa shape index (κ1) is 20.5. The molecule has 2 aromatic heterocycles. The Balaban J connectivity index is 1.46. The molecule has 0 saturated carbocycles. The molecule has 1 atom stereocenters. The number of aryl methyl sites for hydroxylation is 2. The van der Waals surface area contributed by atoms with Gasteiger partial charge >= 0.3 is 0 Å². The van der Waals surface area contributed by atoms with Gasteiger partial charge in [-0.3, -0.25) is 4.79 Å². The lowest BCUT2D eigenvalue weighted by Crippen LogP contribution is -2.31. The van der Waals surface area contributed by atoms with Crippen LogP contribution in [0.2, 0.25) is 0 Å². The minimum Gasteiger partial charge on any atom is -0.497 e. The molecule has 0 bridgehead atoms. The van der Waals surface area contributed by atoms with E-state index in [-0.39, 0.29) is 11.9 Å². The van der Waals surface area contributed by atoms with Gasteiger partial charge in [-0.05, 0) is 29.8 Å². The third kappa shape index (κ3) is 4.86. The van der Waals surface area contributed by atoms with Crippen molar-refractivity contribution >= 4 is 5.91 Å². The summed E-state index contributed by atoms with van der Waals surface area (Å²) >= 11 is 0. The van der Waals surface area contributed by atoms with Crippen LogP contribution in [0.1, 0.15) is 29.6 Å². The first-order valence-electron chi connectivity index (χ1n) is 10.2. The Kier molecular flexibility index (Phi) is 6.17. The molecule has 0 aliphatic carbocycles. The smallest absolute Gasteiger partial charge is 0.221 e.